The highest BCUT2D eigenvalue weighted by atomic mass is 32.1. The van der Waals surface area contributed by atoms with Gasteiger partial charge in [-0.2, -0.15) is 0 Å². The van der Waals surface area contributed by atoms with E-state index in [9.17, 15) is 9.50 Å². The molecule has 1 N–H and O–H groups in total. The van der Waals surface area contributed by atoms with E-state index in [4.69, 9.17) is 0 Å². The van der Waals surface area contributed by atoms with Gasteiger partial charge in [0.15, 0.2) is 5.06 Å². The smallest absolute Gasteiger partial charge is 0.195 e. The van der Waals surface area contributed by atoms with E-state index in [0.29, 0.717) is 16.3 Å². The minimum Gasteiger partial charge on any atom is -0.498 e. The van der Waals surface area contributed by atoms with Gasteiger partial charge in [-0.15, -0.1) is 0 Å². The fourth-order valence-electron chi connectivity index (χ4n) is 1.04. The summed E-state index contributed by atoms with van der Waals surface area (Å²) in [6.45, 7) is 1.70. The highest BCUT2D eigenvalue weighted by Gasteiger charge is 2.08. The predicted molar refractivity (Wildman–Crippen MR) is 51.7 cm³/mol. The summed E-state index contributed by atoms with van der Waals surface area (Å²) in [6, 6.07) is 1.34. The zero-order valence-corrected chi connectivity index (χ0v) is 8.18. The van der Waals surface area contributed by atoms with Crippen LogP contribution in [0.2, 0.25) is 0 Å². The molecule has 2 heterocycles. The first kappa shape index (κ1) is 9.08. The molecule has 2 aromatic heterocycles. The van der Waals surface area contributed by atoms with E-state index in [2.05, 4.69) is 9.97 Å². The summed E-state index contributed by atoms with van der Waals surface area (Å²) in [5.74, 6) is -0.408. The minimum atomic E-state index is -0.408. The van der Waals surface area contributed by atoms with Crippen LogP contribution < -0.4 is 0 Å². The topological polar surface area (TPSA) is 46.0 Å². The summed E-state index contributed by atoms with van der Waals surface area (Å²) >= 11 is 1.11. The molecule has 0 saturated heterocycles. The quantitative estimate of drug-likeness (QED) is 0.785. The van der Waals surface area contributed by atoms with Gasteiger partial charge in [0, 0.05) is 11.8 Å². The van der Waals surface area contributed by atoms with Gasteiger partial charge in [0.2, 0.25) is 0 Å². The summed E-state index contributed by atoms with van der Waals surface area (Å²) in [5, 5.41) is 10.0. The molecule has 0 amide bonds. The second-order valence-corrected chi connectivity index (χ2v) is 3.78. The third-order valence-electron chi connectivity index (χ3n) is 1.72. The molecular weight excluding hydrogens is 203 g/mol. The molecule has 14 heavy (non-hydrogen) atoms. The zero-order valence-electron chi connectivity index (χ0n) is 7.36. The molecule has 3 nitrogen and oxygen atoms in total. The molecule has 0 bridgehead atoms. The van der Waals surface area contributed by atoms with Gasteiger partial charge in [-0.3, -0.25) is 4.98 Å². The van der Waals surface area contributed by atoms with E-state index in [1.54, 1.807) is 6.92 Å². The number of hydrogen-bond acceptors (Lipinski definition) is 4. The van der Waals surface area contributed by atoms with Crippen LogP contribution in [0.15, 0.2) is 18.5 Å². The molecule has 0 atom stereocenters. The highest BCUT2D eigenvalue weighted by Crippen LogP contribution is 2.31. The molecule has 2 aromatic rings. The summed E-state index contributed by atoms with van der Waals surface area (Å²) < 4.78 is 12.8. The van der Waals surface area contributed by atoms with Crippen LogP contribution in [0.3, 0.4) is 0 Å². The standard InChI is InChI=1S/C9H7FN2OS/c1-5-9(13)14-8(12-5)6-2-7(10)4-11-3-6/h2-4,13H,1H3. The Morgan fingerprint density at radius 3 is 2.79 bits per heavy atom. The lowest BCUT2D eigenvalue weighted by Crippen LogP contribution is -1.82. The fourth-order valence-corrected chi connectivity index (χ4v) is 1.83. The van der Waals surface area contributed by atoms with Crippen molar-refractivity contribution in [3.05, 3.63) is 30.0 Å². The second-order valence-electron chi connectivity index (χ2n) is 2.80. The highest BCUT2D eigenvalue weighted by molar-refractivity contribution is 7.16. The van der Waals surface area contributed by atoms with E-state index < -0.39 is 5.82 Å². The number of aromatic nitrogens is 2. The molecule has 0 aliphatic heterocycles. The number of hydrogen-bond donors (Lipinski definition) is 1. The van der Waals surface area contributed by atoms with Crippen LogP contribution in [0.4, 0.5) is 4.39 Å². The lowest BCUT2D eigenvalue weighted by atomic mass is 10.3. The van der Waals surface area contributed by atoms with Crippen LogP contribution in [0.25, 0.3) is 10.6 Å². The summed E-state index contributed by atoms with van der Waals surface area (Å²) in [6.07, 6.45) is 2.64. The first-order valence-electron chi connectivity index (χ1n) is 3.94. The Labute approximate surface area is 83.9 Å². The Morgan fingerprint density at radius 1 is 1.43 bits per heavy atom. The van der Waals surface area contributed by atoms with Crippen molar-refractivity contribution < 1.29 is 9.50 Å². The van der Waals surface area contributed by atoms with Gasteiger partial charge in [-0.1, -0.05) is 11.3 Å². The molecular formula is C9H7FN2OS. The Balaban J connectivity index is 2.49. The van der Waals surface area contributed by atoms with Gasteiger partial charge in [0.25, 0.3) is 0 Å². The Morgan fingerprint density at radius 2 is 2.21 bits per heavy atom. The first-order valence-corrected chi connectivity index (χ1v) is 4.76. The maximum absolute atomic E-state index is 12.8. The summed E-state index contributed by atoms with van der Waals surface area (Å²) in [4.78, 5) is 7.79. The van der Waals surface area contributed by atoms with Crippen LogP contribution in [-0.4, -0.2) is 15.1 Å². The molecule has 0 unspecified atom stereocenters. The van der Waals surface area contributed by atoms with Crippen LogP contribution >= 0.6 is 11.3 Å². The fraction of sp³-hybridized carbons (Fsp3) is 0.111. The molecule has 0 aromatic carbocycles. The van der Waals surface area contributed by atoms with Crippen molar-refractivity contribution >= 4 is 11.3 Å². The van der Waals surface area contributed by atoms with Crippen LogP contribution in [-0.2, 0) is 0 Å². The second kappa shape index (κ2) is 3.34. The molecule has 0 spiro atoms. The van der Waals surface area contributed by atoms with Gasteiger partial charge < -0.3 is 5.11 Å². The number of aromatic hydroxyl groups is 1. The van der Waals surface area contributed by atoms with Crippen molar-refractivity contribution in [3.8, 4) is 15.6 Å². The number of aryl methyl sites for hydroxylation is 1. The van der Waals surface area contributed by atoms with E-state index in [1.165, 1.54) is 12.3 Å². The van der Waals surface area contributed by atoms with Gasteiger partial charge in [-0.05, 0) is 13.0 Å². The van der Waals surface area contributed by atoms with Crippen molar-refractivity contribution in [2.24, 2.45) is 0 Å². The lowest BCUT2D eigenvalue weighted by molar-refractivity contribution is 0.485. The zero-order chi connectivity index (χ0) is 10.1. The van der Waals surface area contributed by atoms with Gasteiger partial charge in [0.05, 0.1) is 11.9 Å². The van der Waals surface area contributed by atoms with E-state index >= 15 is 0 Å². The predicted octanol–water partition coefficient (Wildman–Crippen LogP) is 2.36. The van der Waals surface area contributed by atoms with Crippen LogP contribution in [0.1, 0.15) is 5.69 Å². The normalized spacial score (nSPS) is 10.4. The maximum Gasteiger partial charge on any atom is 0.195 e. The average Bonchev–Trinajstić information content (AvgIpc) is 2.47. The minimum absolute atomic E-state index is 0.157. The van der Waals surface area contributed by atoms with Crippen molar-refractivity contribution in [3.63, 3.8) is 0 Å². The third kappa shape index (κ3) is 1.58. The van der Waals surface area contributed by atoms with E-state index in [0.717, 1.165) is 17.5 Å². The van der Waals surface area contributed by atoms with E-state index in [1.807, 2.05) is 0 Å². The van der Waals surface area contributed by atoms with Gasteiger partial charge in [-0.25, -0.2) is 9.37 Å². The van der Waals surface area contributed by atoms with Crippen LogP contribution in [0.5, 0.6) is 5.06 Å². The summed E-state index contributed by atoms with van der Waals surface area (Å²) in [5.41, 5.74) is 1.13. The third-order valence-corrected chi connectivity index (χ3v) is 2.73. The molecule has 0 aliphatic rings. The molecule has 0 fully saturated rings. The van der Waals surface area contributed by atoms with Crippen LogP contribution in [0, 0.1) is 12.7 Å². The molecule has 2 rings (SSSR count). The monoisotopic (exact) mass is 210 g/mol. The first-order chi connectivity index (χ1) is 6.66. The maximum atomic E-state index is 12.8. The van der Waals surface area contributed by atoms with E-state index in [-0.39, 0.29) is 5.06 Å². The average molecular weight is 210 g/mol. The Bertz CT molecular complexity index is 450. The molecule has 0 saturated carbocycles. The molecule has 5 heteroatoms. The lowest BCUT2D eigenvalue weighted by Gasteiger charge is -1.93. The Kier molecular flexibility index (Phi) is 2.17. The van der Waals surface area contributed by atoms with Gasteiger partial charge >= 0.3 is 0 Å². The van der Waals surface area contributed by atoms with Gasteiger partial charge in [0.1, 0.15) is 10.8 Å². The summed E-state index contributed by atoms with van der Waals surface area (Å²) in [7, 11) is 0. The molecule has 0 radical (unpaired) electrons. The largest absolute Gasteiger partial charge is 0.498 e. The van der Waals surface area contributed by atoms with Crippen molar-refractivity contribution in [1.29, 1.82) is 0 Å². The number of nitrogens with zero attached hydrogens (tertiary/aromatic N) is 2. The van der Waals surface area contributed by atoms with Crippen molar-refractivity contribution in [2.75, 3.05) is 0 Å². The van der Waals surface area contributed by atoms with Crippen molar-refractivity contribution in [1.82, 2.24) is 9.97 Å². The number of rotatable bonds is 1. The molecule has 72 valence electrons. The number of halogens is 1. The Hall–Kier alpha value is -1.49. The number of pyridine rings is 1. The number of thiazole rings is 1. The van der Waals surface area contributed by atoms with Crippen molar-refractivity contribution in [2.45, 2.75) is 6.92 Å². The molecule has 0 aliphatic carbocycles. The SMILES string of the molecule is Cc1nc(-c2cncc(F)c2)sc1O.